The lowest BCUT2D eigenvalue weighted by Gasteiger charge is -2.27. The first-order valence-corrected chi connectivity index (χ1v) is 6.92. The highest BCUT2D eigenvalue weighted by Crippen LogP contribution is 2.24. The van der Waals surface area contributed by atoms with Crippen molar-refractivity contribution in [1.82, 2.24) is 4.90 Å². The molecule has 0 saturated heterocycles. The highest BCUT2D eigenvalue weighted by atomic mass is 16.6. The number of Topliss-reactive ketones (excluding diaryl/α,β-unsaturated/α-hetero) is 1. The Morgan fingerprint density at radius 3 is 2.40 bits per heavy atom. The van der Waals surface area contributed by atoms with Crippen LogP contribution in [0.15, 0.2) is 0 Å². The smallest absolute Gasteiger partial charge is 0.419 e. The molecule has 1 rings (SSSR count). The Labute approximate surface area is 119 Å². The van der Waals surface area contributed by atoms with Crippen molar-refractivity contribution in [3.8, 4) is 0 Å². The maximum atomic E-state index is 12.1. The Balaban J connectivity index is 2.71. The number of nitrogens with zero attached hydrogens (tertiary/aromatic N) is 1. The fraction of sp³-hybridized carbons (Fsp3) is 0.786. The second-order valence-corrected chi connectivity index (χ2v) is 5.94. The van der Waals surface area contributed by atoms with Crippen LogP contribution in [0.1, 0.15) is 47.0 Å². The van der Waals surface area contributed by atoms with Crippen molar-refractivity contribution in [2.75, 3.05) is 13.2 Å². The van der Waals surface area contributed by atoms with E-state index >= 15 is 0 Å². The molecular weight excluding hydrogens is 262 g/mol. The summed E-state index contributed by atoms with van der Waals surface area (Å²) in [7, 11) is 0. The first-order valence-electron chi connectivity index (χ1n) is 6.92. The third kappa shape index (κ3) is 5.19. The molecule has 1 unspecified atom stereocenters. The van der Waals surface area contributed by atoms with E-state index in [1.165, 1.54) is 0 Å². The lowest BCUT2D eigenvalue weighted by molar-refractivity contribution is -0.117. The van der Waals surface area contributed by atoms with Crippen molar-refractivity contribution in [3.05, 3.63) is 0 Å². The van der Waals surface area contributed by atoms with Crippen molar-refractivity contribution in [3.63, 3.8) is 0 Å². The standard InChI is InChI=1S/C14H23NO5/c1-5-19-12(17)15(13(18)20-14(2,3)4)9-10-6-7-11(16)8-10/h10H,5-9H2,1-4H3. The van der Waals surface area contributed by atoms with Crippen LogP contribution in [0.4, 0.5) is 9.59 Å². The van der Waals surface area contributed by atoms with Crippen molar-refractivity contribution in [2.24, 2.45) is 5.92 Å². The molecule has 0 heterocycles. The summed E-state index contributed by atoms with van der Waals surface area (Å²) in [5, 5.41) is 0. The average molecular weight is 285 g/mol. The van der Waals surface area contributed by atoms with Gasteiger partial charge in [-0.05, 0) is 40.0 Å². The van der Waals surface area contributed by atoms with Crippen LogP contribution >= 0.6 is 0 Å². The van der Waals surface area contributed by atoms with E-state index in [4.69, 9.17) is 9.47 Å². The lowest BCUT2D eigenvalue weighted by Crippen LogP contribution is -2.43. The van der Waals surface area contributed by atoms with Crippen LogP contribution in [0.5, 0.6) is 0 Å². The van der Waals surface area contributed by atoms with Gasteiger partial charge in [-0.3, -0.25) is 4.79 Å². The number of ether oxygens (including phenoxy) is 2. The maximum Gasteiger partial charge on any atom is 0.419 e. The lowest BCUT2D eigenvalue weighted by atomic mass is 10.1. The third-order valence-electron chi connectivity index (χ3n) is 2.89. The Morgan fingerprint density at radius 2 is 1.95 bits per heavy atom. The second kappa shape index (κ2) is 6.72. The van der Waals surface area contributed by atoms with E-state index in [-0.39, 0.29) is 24.9 Å². The molecule has 0 bridgehead atoms. The molecule has 0 N–H and O–H groups in total. The Morgan fingerprint density at radius 1 is 1.30 bits per heavy atom. The quantitative estimate of drug-likeness (QED) is 0.797. The zero-order chi connectivity index (χ0) is 15.3. The van der Waals surface area contributed by atoms with Gasteiger partial charge in [-0.15, -0.1) is 0 Å². The van der Waals surface area contributed by atoms with E-state index < -0.39 is 17.8 Å². The molecule has 1 aliphatic carbocycles. The van der Waals surface area contributed by atoms with Gasteiger partial charge in [-0.1, -0.05) is 0 Å². The number of ketones is 1. The van der Waals surface area contributed by atoms with Gasteiger partial charge in [-0.25, -0.2) is 14.5 Å². The monoisotopic (exact) mass is 285 g/mol. The molecule has 0 aromatic rings. The SMILES string of the molecule is CCOC(=O)N(CC1CCC(=O)C1)C(=O)OC(C)(C)C. The van der Waals surface area contributed by atoms with Gasteiger partial charge in [0, 0.05) is 19.4 Å². The van der Waals surface area contributed by atoms with Gasteiger partial charge in [0.1, 0.15) is 11.4 Å². The molecule has 6 nitrogen and oxygen atoms in total. The molecule has 114 valence electrons. The van der Waals surface area contributed by atoms with E-state index in [2.05, 4.69) is 0 Å². The molecule has 2 amide bonds. The Bertz CT molecular complexity index is 386. The topological polar surface area (TPSA) is 72.9 Å². The van der Waals surface area contributed by atoms with Gasteiger partial charge in [0.15, 0.2) is 0 Å². The summed E-state index contributed by atoms with van der Waals surface area (Å²) in [5.41, 5.74) is -0.687. The number of amides is 2. The molecule has 0 aromatic carbocycles. The van der Waals surface area contributed by atoms with Gasteiger partial charge >= 0.3 is 12.2 Å². The van der Waals surface area contributed by atoms with E-state index in [1.807, 2.05) is 0 Å². The van der Waals surface area contributed by atoms with E-state index in [0.717, 1.165) is 4.90 Å². The molecule has 1 aliphatic rings. The van der Waals surface area contributed by atoms with Crippen LogP contribution < -0.4 is 0 Å². The molecule has 6 heteroatoms. The molecule has 1 fully saturated rings. The Hall–Kier alpha value is -1.59. The van der Waals surface area contributed by atoms with Gasteiger partial charge < -0.3 is 9.47 Å². The van der Waals surface area contributed by atoms with Crippen LogP contribution in [0, 0.1) is 5.92 Å². The van der Waals surface area contributed by atoms with Crippen molar-refractivity contribution in [1.29, 1.82) is 0 Å². The number of hydrogen-bond donors (Lipinski definition) is 0. The maximum absolute atomic E-state index is 12.1. The molecule has 0 aromatic heterocycles. The summed E-state index contributed by atoms with van der Waals surface area (Å²) in [4.78, 5) is 36.2. The van der Waals surface area contributed by atoms with Gasteiger partial charge in [0.25, 0.3) is 0 Å². The summed E-state index contributed by atoms with van der Waals surface area (Å²) in [5.74, 6) is 0.169. The summed E-state index contributed by atoms with van der Waals surface area (Å²) in [6, 6.07) is 0. The summed E-state index contributed by atoms with van der Waals surface area (Å²) < 4.78 is 10.1. The number of carbonyl (C=O) groups is 3. The van der Waals surface area contributed by atoms with Crippen LogP contribution in [-0.4, -0.2) is 41.6 Å². The third-order valence-corrected chi connectivity index (χ3v) is 2.89. The molecule has 20 heavy (non-hydrogen) atoms. The molecule has 1 atom stereocenters. The second-order valence-electron chi connectivity index (χ2n) is 5.94. The van der Waals surface area contributed by atoms with Gasteiger partial charge in [0.05, 0.1) is 6.61 Å². The minimum Gasteiger partial charge on any atom is -0.449 e. The number of carbonyl (C=O) groups excluding carboxylic acids is 3. The zero-order valence-electron chi connectivity index (χ0n) is 12.6. The Kier molecular flexibility index (Phi) is 5.53. The summed E-state index contributed by atoms with van der Waals surface area (Å²) in [6.07, 6.45) is 0.155. The highest BCUT2D eigenvalue weighted by Gasteiger charge is 2.33. The van der Waals surface area contributed by atoms with E-state index in [1.54, 1.807) is 27.7 Å². The largest absolute Gasteiger partial charge is 0.449 e. The molecule has 1 saturated carbocycles. The predicted octanol–water partition coefficient (Wildman–Crippen LogP) is 2.75. The summed E-state index contributed by atoms with van der Waals surface area (Å²) in [6.45, 7) is 7.21. The minimum atomic E-state index is -0.727. The van der Waals surface area contributed by atoms with E-state index in [0.29, 0.717) is 19.3 Å². The molecule has 0 spiro atoms. The van der Waals surface area contributed by atoms with Crippen LogP contribution in [0.25, 0.3) is 0 Å². The molecular formula is C14H23NO5. The first kappa shape index (κ1) is 16.5. The molecule has 0 radical (unpaired) electrons. The van der Waals surface area contributed by atoms with Gasteiger partial charge in [0.2, 0.25) is 0 Å². The highest BCUT2D eigenvalue weighted by molar-refractivity contribution is 5.88. The van der Waals surface area contributed by atoms with Crippen LogP contribution in [0.2, 0.25) is 0 Å². The average Bonchev–Trinajstić information content (AvgIpc) is 2.69. The number of imide groups is 1. The summed E-state index contributed by atoms with van der Waals surface area (Å²) >= 11 is 0. The molecule has 0 aliphatic heterocycles. The number of rotatable bonds is 3. The van der Waals surface area contributed by atoms with Crippen molar-refractivity contribution < 1.29 is 23.9 Å². The van der Waals surface area contributed by atoms with Crippen molar-refractivity contribution in [2.45, 2.75) is 52.6 Å². The normalized spacial score (nSPS) is 18.8. The minimum absolute atomic E-state index is 0.000533. The van der Waals surface area contributed by atoms with Crippen molar-refractivity contribution >= 4 is 18.0 Å². The van der Waals surface area contributed by atoms with Gasteiger partial charge in [-0.2, -0.15) is 0 Å². The first-order chi connectivity index (χ1) is 9.23. The zero-order valence-corrected chi connectivity index (χ0v) is 12.6. The number of hydrogen-bond acceptors (Lipinski definition) is 5. The fourth-order valence-electron chi connectivity index (χ4n) is 2.05. The van der Waals surface area contributed by atoms with Crippen LogP contribution in [0.3, 0.4) is 0 Å². The predicted molar refractivity (Wildman–Crippen MR) is 72.3 cm³/mol. The van der Waals surface area contributed by atoms with Crippen LogP contribution in [-0.2, 0) is 14.3 Å². The van der Waals surface area contributed by atoms with E-state index in [9.17, 15) is 14.4 Å². The fourth-order valence-corrected chi connectivity index (χ4v) is 2.05.